The van der Waals surface area contributed by atoms with Gasteiger partial charge in [-0.15, -0.1) is 0 Å². The molecule has 0 radical (unpaired) electrons. The number of carbonyl (C=O) groups is 1. The van der Waals surface area contributed by atoms with Gasteiger partial charge in [0.2, 0.25) is 5.91 Å². The minimum absolute atomic E-state index is 0.287. The molecule has 2 aliphatic rings. The lowest BCUT2D eigenvalue weighted by Crippen LogP contribution is -2.53. The standard InChI is InChI=1S/C20H38N2O/c1-19(2,3)10-7-16-13-22(14-16)18(23)17-8-11-21(12-9-17)15-20(4,5)6/h16-17H,7-15H2,1-6H3. The number of carbonyl (C=O) groups excluding carboxylic acids is 1. The van der Waals surface area contributed by atoms with Gasteiger partial charge in [0.25, 0.3) is 0 Å². The van der Waals surface area contributed by atoms with Crippen LogP contribution in [0.5, 0.6) is 0 Å². The highest BCUT2D eigenvalue weighted by Gasteiger charge is 2.36. The van der Waals surface area contributed by atoms with E-state index in [2.05, 4.69) is 51.3 Å². The predicted octanol–water partition coefficient (Wildman–Crippen LogP) is 4.03. The summed E-state index contributed by atoms with van der Waals surface area (Å²) in [6.45, 7) is 19.1. The number of amides is 1. The van der Waals surface area contributed by atoms with Crippen molar-refractivity contribution in [3.8, 4) is 0 Å². The fourth-order valence-electron chi connectivity index (χ4n) is 3.84. The molecule has 0 bridgehead atoms. The maximum Gasteiger partial charge on any atom is 0.225 e. The Kier molecular flexibility index (Phi) is 5.81. The molecule has 1 amide bonds. The van der Waals surface area contributed by atoms with Crippen LogP contribution in [-0.2, 0) is 4.79 Å². The van der Waals surface area contributed by atoms with Gasteiger partial charge in [0, 0.05) is 25.6 Å². The van der Waals surface area contributed by atoms with Crippen molar-refractivity contribution in [1.29, 1.82) is 0 Å². The molecule has 0 atom stereocenters. The van der Waals surface area contributed by atoms with Gasteiger partial charge in [-0.3, -0.25) is 4.79 Å². The number of hydrogen-bond acceptors (Lipinski definition) is 2. The fraction of sp³-hybridized carbons (Fsp3) is 0.950. The Morgan fingerprint density at radius 2 is 1.52 bits per heavy atom. The maximum atomic E-state index is 12.6. The van der Waals surface area contributed by atoms with E-state index in [9.17, 15) is 4.79 Å². The van der Waals surface area contributed by atoms with Gasteiger partial charge >= 0.3 is 0 Å². The van der Waals surface area contributed by atoms with Gasteiger partial charge in [-0.1, -0.05) is 41.5 Å². The van der Waals surface area contributed by atoms with Crippen LogP contribution in [0, 0.1) is 22.7 Å². The van der Waals surface area contributed by atoms with Gasteiger partial charge in [-0.25, -0.2) is 0 Å². The number of nitrogens with zero attached hydrogens (tertiary/aromatic N) is 2. The van der Waals surface area contributed by atoms with Gasteiger partial charge < -0.3 is 9.80 Å². The van der Waals surface area contributed by atoms with Crippen molar-refractivity contribution >= 4 is 5.91 Å². The van der Waals surface area contributed by atoms with Gasteiger partial charge in [-0.2, -0.15) is 0 Å². The third kappa shape index (κ3) is 6.10. The molecule has 3 heteroatoms. The highest BCUT2D eigenvalue weighted by molar-refractivity contribution is 5.79. The largest absolute Gasteiger partial charge is 0.342 e. The molecule has 0 aromatic rings. The zero-order valence-electron chi connectivity index (χ0n) is 16.3. The molecule has 2 aliphatic heterocycles. The Balaban J connectivity index is 1.67. The van der Waals surface area contributed by atoms with Crippen molar-refractivity contribution in [2.24, 2.45) is 22.7 Å². The summed E-state index contributed by atoms with van der Waals surface area (Å²) >= 11 is 0. The molecule has 2 rings (SSSR count). The lowest BCUT2D eigenvalue weighted by atomic mass is 9.83. The maximum absolute atomic E-state index is 12.6. The number of rotatable bonds is 4. The highest BCUT2D eigenvalue weighted by atomic mass is 16.2. The van der Waals surface area contributed by atoms with Crippen molar-refractivity contribution in [2.45, 2.75) is 67.2 Å². The van der Waals surface area contributed by atoms with E-state index in [0.29, 0.717) is 16.7 Å². The second-order valence-electron chi connectivity index (χ2n) is 10.3. The van der Waals surface area contributed by atoms with Crippen molar-refractivity contribution in [1.82, 2.24) is 9.80 Å². The summed E-state index contributed by atoms with van der Waals surface area (Å²) in [4.78, 5) is 17.3. The predicted molar refractivity (Wildman–Crippen MR) is 97.4 cm³/mol. The molecular weight excluding hydrogens is 284 g/mol. The summed E-state index contributed by atoms with van der Waals surface area (Å²) in [6.07, 6.45) is 4.65. The van der Waals surface area contributed by atoms with Crippen LogP contribution in [0.3, 0.4) is 0 Å². The van der Waals surface area contributed by atoms with Crippen LogP contribution >= 0.6 is 0 Å². The van der Waals surface area contributed by atoms with E-state index in [1.165, 1.54) is 12.8 Å². The van der Waals surface area contributed by atoms with Gasteiger partial charge in [-0.05, 0) is 55.5 Å². The van der Waals surface area contributed by atoms with E-state index in [0.717, 1.165) is 51.5 Å². The first-order valence-corrected chi connectivity index (χ1v) is 9.55. The van der Waals surface area contributed by atoms with E-state index < -0.39 is 0 Å². The van der Waals surface area contributed by atoms with Gasteiger partial charge in [0.1, 0.15) is 0 Å². The molecule has 3 nitrogen and oxygen atoms in total. The Hall–Kier alpha value is -0.570. The molecule has 0 aromatic carbocycles. The minimum atomic E-state index is 0.287. The zero-order valence-corrected chi connectivity index (χ0v) is 16.3. The van der Waals surface area contributed by atoms with E-state index >= 15 is 0 Å². The molecule has 134 valence electrons. The summed E-state index contributed by atoms with van der Waals surface area (Å²) in [7, 11) is 0. The zero-order chi connectivity index (χ0) is 17.3. The lowest BCUT2D eigenvalue weighted by molar-refractivity contribution is -0.144. The lowest BCUT2D eigenvalue weighted by Gasteiger charge is -2.43. The average Bonchev–Trinajstić information content (AvgIpc) is 2.34. The SMILES string of the molecule is CC(C)(C)CCC1CN(C(=O)C2CCN(CC(C)(C)C)CC2)C1. The van der Waals surface area contributed by atoms with E-state index in [1.807, 2.05) is 0 Å². The van der Waals surface area contributed by atoms with Crippen LogP contribution in [0.2, 0.25) is 0 Å². The topological polar surface area (TPSA) is 23.6 Å². The molecule has 2 fully saturated rings. The number of hydrogen-bond donors (Lipinski definition) is 0. The number of likely N-dealkylation sites (tertiary alicyclic amines) is 2. The first kappa shape index (κ1) is 18.8. The Bertz CT molecular complexity index is 391. The highest BCUT2D eigenvalue weighted by Crippen LogP contribution is 2.31. The molecule has 2 heterocycles. The molecule has 0 unspecified atom stereocenters. The van der Waals surface area contributed by atoms with E-state index in [4.69, 9.17) is 0 Å². The van der Waals surface area contributed by atoms with E-state index in [1.54, 1.807) is 0 Å². The monoisotopic (exact) mass is 322 g/mol. The quantitative estimate of drug-likeness (QED) is 0.780. The fourth-order valence-corrected chi connectivity index (χ4v) is 3.84. The molecule has 0 aliphatic carbocycles. The van der Waals surface area contributed by atoms with Crippen LogP contribution in [0.25, 0.3) is 0 Å². The van der Waals surface area contributed by atoms with Crippen LogP contribution in [-0.4, -0.2) is 48.4 Å². The van der Waals surface area contributed by atoms with Crippen molar-refractivity contribution in [3.63, 3.8) is 0 Å². The van der Waals surface area contributed by atoms with Crippen LogP contribution < -0.4 is 0 Å². The van der Waals surface area contributed by atoms with E-state index in [-0.39, 0.29) is 5.92 Å². The summed E-state index contributed by atoms with van der Waals surface area (Å²) in [5.41, 5.74) is 0.777. The van der Waals surface area contributed by atoms with Crippen molar-refractivity contribution in [2.75, 3.05) is 32.7 Å². The molecule has 0 spiro atoms. The summed E-state index contributed by atoms with van der Waals surface area (Å²) in [5.74, 6) is 1.47. The third-order valence-corrected chi connectivity index (χ3v) is 5.21. The van der Waals surface area contributed by atoms with Gasteiger partial charge in [0.15, 0.2) is 0 Å². The first-order chi connectivity index (χ1) is 10.5. The second kappa shape index (κ2) is 7.13. The molecule has 23 heavy (non-hydrogen) atoms. The smallest absolute Gasteiger partial charge is 0.225 e. The summed E-state index contributed by atoms with van der Waals surface area (Å²) in [6, 6.07) is 0. The Morgan fingerprint density at radius 3 is 2.00 bits per heavy atom. The Labute approximate surface area is 143 Å². The van der Waals surface area contributed by atoms with Crippen molar-refractivity contribution < 1.29 is 4.79 Å². The Morgan fingerprint density at radius 1 is 0.957 bits per heavy atom. The molecule has 0 aromatic heterocycles. The van der Waals surface area contributed by atoms with Gasteiger partial charge in [0.05, 0.1) is 0 Å². The second-order valence-corrected chi connectivity index (χ2v) is 10.3. The van der Waals surface area contributed by atoms with Crippen LogP contribution in [0.1, 0.15) is 67.2 Å². The summed E-state index contributed by atoms with van der Waals surface area (Å²) in [5, 5.41) is 0. The molecule has 0 N–H and O–H groups in total. The van der Waals surface area contributed by atoms with Crippen molar-refractivity contribution in [3.05, 3.63) is 0 Å². The molecule has 2 saturated heterocycles. The summed E-state index contributed by atoms with van der Waals surface area (Å²) < 4.78 is 0. The molecule has 0 saturated carbocycles. The normalized spacial score (nSPS) is 22.3. The van der Waals surface area contributed by atoms with Crippen LogP contribution in [0.4, 0.5) is 0 Å². The first-order valence-electron chi connectivity index (χ1n) is 9.55. The third-order valence-electron chi connectivity index (χ3n) is 5.21. The minimum Gasteiger partial charge on any atom is -0.342 e. The molecular formula is C20H38N2O. The average molecular weight is 323 g/mol. The number of piperidine rings is 1. The van der Waals surface area contributed by atoms with Crippen LogP contribution in [0.15, 0.2) is 0 Å².